The standard InChI is InChI=1S/C22H25ClN6O2/c1-3-16-22(31)27-20-17(26-16)6-4-14(19(20)23)13-28-8-10-29(11-9-28)15-5-7-18(25-12-15)21(30)24-2/h4-7,12H,3,8-11,13H2,1-2H3,(H,24,30)(H,27,31)/i2D3. The summed E-state index contributed by atoms with van der Waals surface area (Å²) in [6.45, 7) is 3.08. The number of aryl methyl sites for hydroxylation is 1. The largest absolute Gasteiger partial charge is 0.368 e. The van der Waals surface area contributed by atoms with Gasteiger partial charge in [-0.15, -0.1) is 0 Å². The maximum absolute atomic E-state index is 12.2. The Morgan fingerprint density at radius 1 is 1.26 bits per heavy atom. The number of rotatable bonds is 5. The van der Waals surface area contributed by atoms with Crippen LogP contribution in [0, 0.1) is 0 Å². The van der Waals surface area contributed by atoms with Crippen molar-refractivity contribution < 1.29 is 8.91 Å². The third kappa shape index (κ3) is 4.40. The van der Waals surface area contributed by atoms with Gasteiger partial charge in [0.15, 0.2) is 0 Å². The fourth-order valence-corrected chi connectivity index (χ4v) is 4.01. The maximum atomic E-state index is 12.2. The third-order valence-corrected chi connectivity index (χ3v) is 5.95. The number of aromatic amines is 1. The van der Waals surface area contributed by atoms with Gasteiger partial charge in [0.05, 0.1) is 27.9 Å². The first-order chi connectivity index (χ1) is 16.1. The molecule has 1 aliphatic rings. The van der Waals surface area contributed by atoms with Crippen LogP contribution < -0.4 is 15.8 Å². The highest BCUT2D eigenvalue weighted by molar-refractivity contribution is 6.35. The number of benzene rings is 1. The smallest absolute Gasteiger partial charge is 0.270 e. The number of hydrogen-bond donors (Lipinski definition) is 2. The molecule has 1 saturated heterocycles. The van der Waals surface area contributed by atoms with Gasteiger partial charge in [-0.2, -0.15) is 0 Å². The number of aromatic nitrogens is 3. The number of halogens is 1. The van der Waals surface area contributed by atoms with Gasteiger partial charge in [0.25, 0.3) is 11.5 Å². The number of hydrogen-bond acceptors (Lipinski definition) is 6. The van der Waals surface area contributed by atoms with E-state index in [0.29, 0.717) is 34.7 Å². The van der Waals surface area contributed by atoms with E-state index in [0.717, 1.165) is 37.4 Å². The Bertz CT molecular complexity index is 1250. The Hall–Kier alpha value is -2.97. The van der Waals surface area contributed by atoms with Gasteiger partial charge in [0.1, 0.15) is 11.4 Å². The fraction of sp³-hybridized carbons (Fsp3) is 0.364. The van der Waals surface area contributed by atoms with Crippen molar-refractivity contribution in [1.29, 1.82) is 0 Å². The summed E-state index contributed by atoms with van der Waals surface area (Å²) in [5, 5.41) is 2.45. The van der Waals surface area contributed by atoms with Crippen molar-refractivity contribution >= 4 is 34.2 Å². The van der Waals surface area contributed by atoms with Gasteiger partial charge >= 0.3 is 0 Å². The number of nitrogens with zero attached hydrogens (tertiary/aromatic N) is 4. The summed E-state index contributed by atoms with van der Waals surface area (Å²) < 4.78 is 21.4. The highest BCUT2D eigenvalue weighted by Gasteiger charge is 2.20. The number of anilines is 1. The minimum absolute atomic E-state index is 0.0584. The highest BCUT2D eigenvalue weighted by atomic mass is 35.5. The molecular formula is C22H25ClN6O2. The van der Waals surface area contributed by atoms with Crippen LogP contribution in [0.1, 0.15) is 32.8 Å². The predicted molar refractivity (Wildman–Crippen MR) is 122 cm³/mol. The van der Waals surface area contributed by atoms with E-state index in [4.69, 9.17) is 15.7 Å². The van der Waals surface area contributed by atoms with Gasteiger partial charge in [-0.3, -0.25) is 14.5 Å². The van der Waals surface area contributed by atoms with Crippen molar-refractivity contribution in [3.8, 4) is 0 Å². The van der Waals surface area contributed by atoms with Crippen molar-refractivity contribution in [2.75, 3.05) is 38.1 Å². The van der Waals surface area contributed by atoms with Crippen LogP contribution in [0.15, 0.2) is 35.3 Å². The van der Waals surface area contributed by atoms with Crippen LogP contribution in [-0.2, 0) is 13.0 Å². The molecule has 2 N–H and O–H groups in total. The van der Waals surface area contributed by atoms with Crippen LogP contribution in [0.25, 0.3) is 11.0 Å². The van der Waals surface area contributed by atoms with E-state index in [1.165, 1.54) is 6.07 Å². The topological polar surface area (TPSA) is 94.2 Å². The minimum atomic E-state index is -2.55. The average Bonchev–Trinajstić information content (AvgIpc) is 2.80. The number of pyridine rings is 1. The number of H-pyrrole nitrogens is 1. The third-order valence-electron chi connectivity index (χ3n) is 5.52. The lowest BCUT2D eigenvalue weighted by Gasteiger charge is -2.36. The van der Waals surface area contributed by atoms with Crippen molar-refractivity contribution in [2.24, 2.45) is 0 Å². The molecule has 1 aromatic carbocycles. The Balaban J connectivity index is 1.39. The van der Waals surface area contributed by atoms with Crippen molar-refractivity contribution in [1.82, 2.24) is 25.2 Å². The van der Waals surface area contributed by atoms with Gasteiger partial charge < -0.3 is 15.2 Å². The lowest BCUT2D eigenvalue weighted by atomic mass is 10.1. The summed E-state index contributed by atoms with van der Waals surface area (Å²) in [4.78, 5) is 39.9. The number of piperazine rings is 1. The molecule has 4 rings (SSSR count). The molecule has 0 saturated carbocycles. The molecule has 0 bridgehead atoms. The molecule has 2 aromatic heterocycles. The summed E-state index contributed by atoms with van der Waals surface area (Å²) in [5.74, 6) is -0.730. The first-order valence-electron chi connectivity index (χ1n) is 11.6. The van der Waals surface area contributed by atoms with E-state index in [9.17, 15) is 9.59 Å². The molecule has 3 heterocycles. The molecule has 8 nitrogen and oxygen atoms in total. The molecule has 0 aliphatic carbocycles. The van der Waals surface area contributed by atoms with Gasteiger partial charge in [0, 0.05) is 43.8 Å². The van der Waals surface area contributed by atoms with Gasteiger partial charge in [-0.05, 0) is 30.2 Å². The van der Waals surface area contributed by atoms with Crippen molar-refractivity contribution in [3.63, 3.8) is 0 Å². The van der Waals surface area contributed by atoms with Crippen LogP contribution in [0.4, 0.5) is 5.69 Å². The Labute approximate surface area is 189 Å². The van der Waals surface area contributed by atoms with Gasteiger partial charge in [-0.25, -0.2) is 9.97 Å². The molecule has 1 amide bonds. The summed E-state index contributed by atoms with van der Waals surface area (Å²) in [6, 6.07) is 7.13. The van der Waals surface area contributed by atoms with E-state index in [1.807, 2.05) is 24.4 Å². The highest BCUT2D eigenvalue weighted by Crippen LogP contribution is 2.26. The monoisotopic (exact) mass is 443 g/mol. The second kappa shape index (κ2) is 9.03. The molecule has 162 valence electrons. The molecule has 3 aromatic rings. The zero-order valence-corrected chi connectivity index (χ0v) is 17.9. The number of carbonyl (C=O) groups is 1. The Kier molecular flexibility index (Phi) is 5.15. The first kappa shape index (κ1) is 17.7. The summed E-state index contributed by atoms with van der Waals surface area (Å²) >= 11 is 6.61. The predicted octanol–water partition coefficient (Wildman–Crippen LogP) is 2.22. The molecule has 0 radical (unpaired) electrons. The van der Waals surface area contributed by atoms with Crippen LogP contribution in [0.3, 0.4) is 0 Å². The lowest BCUT2D eigenvalue weighted by molar-refractivity contribution is 0.0958. The quantitative estimate of drug-likeness (QED) is 0.628. The second-order valence-corrected chi connectivity index (χ2v) is 7.80. The van der Waals surface area contributed by atoms with E-state index < -0.39 is 12.9 Å². The number of fused-ring (bicyclic) bond motifs is 1. The molecule has 1 aliphatic heterocycles. The number of amides is 1. The average molecular weight is 444 g/mol. The molecular weight excluding hydrogens is 416 g/mol. The van der Waals surface area contributed by atoms with Gasteiger partial charge in [-0.1, -0.05) is 24.6 Å². The molecule has 31 heavy (non-hydrogen) atoms. The summed E-state index contributed by atoms with van der Waals surface area (Å²) in [5.41, 5.74) is 3.38. The zero-order chi connectivity index (χ0) is 24.5. The molecule has 9 heteroatoms. The number of carbonyl (C=O) groups excluding carboxylic acids is 1. The SMILES string of the molecule is [2H]C([2H])([2H])NC(=O)c1ccc(N2CCN(Cc3ccc4nc(CC)c(=O)[nH]c4c3Cl)CC2)cn1. The Morgan fingerprint density at radius 3 is 2.74 bits per heavy atom. The van der Waals surface area contributed by atoms with Crippen LogP contribution >= 0.6 is 11.6 Å². The van der Waals surface area contributed by atoms with Gasteiger partial charge in [0.2, 0.25) is 0 Å². The summed E-state index contributed by atoms with van der Waals surface area (Å²) in [6.07, 6.45) is 2.14. The molecule has 0 atom stereocenters. The lowest BCUT2D eigenvalue weighted by Crippen LogP contribution is -2.46. The van der Waals surface area contributed by atoms with Crippen LogP contribution in [0.5, 0.6) is 0 Å². The van der Waals surface area contributed by atoms with E-state index in [1.54, 1.807) is 12.3 Å². The van der Waals surface area contributed by atoms with E-state index in [2.05, 4.69) is 24.8 Å². The van der Waals surface area contributed by atoms with Crippen molar-refractivity contribution in [2.45, 2.75) is 19.9 Å². The maximum Gasteiger partial charge on any atom is 0.270 e. The van der Waals surface area contributed by atoms with Crippen LogP contribution in [-0.4, -0.2) is 58.9 Å². The van der Waals surface area contributed by atoms with E-state index in [-0.39, 0.29) is 11.3 Å². The fourth-order valence-electron chi connectivity index (χ4n) is 3.74. The Morgan fingerprint density at radius 2 is 2.06 bits per heavy atom. The second-order valence-electron chi connectivity index (χ2n) is 7.42. The summed E-state index contributed by atoms with van der Waals surface area (Å²) in [7, 11) is 0. The van der Waals surface area contributed by atoms with E-state index >= 15 is 0 Å². The number of nitrogens with one attached hydrogen (secondary N) is 2. The normalized spacial score (nSPS) is 16.6. The first-order valence-corrected chi connectivity index (χ1v) is 10.5. The molecule has 0 unspecified atom stereocenters. The molecule has 0 spiro atoms. The van der Waals surface area contributed by atoms with Crippen molar-refractivity contribution in [3.05, 3.63) is 62.8 Å². The molecule has 1 fully saturated rings. The zero-order valence-electron chi connectivity index (χ0n) is 20.1. The van der Waals surface area contributed by atoms with Crippen LogP contribution in [0.2, 0.25) is 5.02 Å². The minimum Gasteiger partial charge on any atom is -0.368 e.